The van der Waals surface area contributed by atoms with Crippen LogP contribution >= 0.6 is 0 Å². The van der Waals surface area contributed by atoms with Crippen LogP contribution in [0.2, 0.25) is 0 Å². The van der Waals surface area contributed by atoms with Gasteiger partial charge in [0.1, 0.15) is 6.10 Å². The van der Waals surface area contributed by atoms with Crippen molar-refractivity contribution in [3.05, 3.63) is 12.7 Å². The minimum atomic E-state index is -0.559. The van der Waals surface area contributed by atoms with E-state index in [4.69, 9.17) is 18.9 Å². The molecule has 0 aromatic carbocycles. The molecule has 2 saturated carbocycles. The van der Waals surface area contributed by atoms with Crippen LogP contribution in [0.25, 0.3) is 0 Å². The van der Waals surface area contributed by atoms with Gasteiger partial charge in [-0.3, -0.25) is 4.79 Å². The molecule has 0 N–H and O–H groups in total. The van der Waals surface area contributed by atoms with Crippen LogP contribution in [0, 0.1) is 17.8 Å². The second kappa shape index (κ2) is 5.62. The van der Waals surface area contributed by atoms with Gasteiger partial charge in [-0.2, -0.15) is 0 Å². The first-order valence-corrected chi connectivity index (χ1v) is 8.04. The normalized spacial score (nSPS) is 45.9. The van der Waals surface area contributed by atoms with Gasteiger partial charge < -0.3 is 18.9 Å². The summed E-state index contributed by atoms with van der Waals surface area (Å²) >= 11 is 0. The molecule has 2 aliphatic carbocycles. The Bertz CT molecular complexity index is 460. The zero-order valence-corrected chi connectivity index (χ0v) is 13.8. The monoisotopic (exact) mass is 310 g/mol. The molecular formula is C17H26O5. The second-order valence-corrected chi connectivity index (χ2v) is 7.10. The summed E-state index contributed by atoms with van der Waals surface area (Å²) in [5.41, 5.74) is 0. The first-order chi connectivity index (χ1) is 10.4. The molecule has 124 valence electrons. The van der Waals surface area contributed by atoms with E-state index >= 15 is 0 Å². The lowest BCUT2D eigenvalue weighted by Crippen LogP contribution is -2.51. The van der Waals surface area contributed by atoms with Crippen molar-refractivity contribution < 1.29 is 23.7 Å². The third kappa shape index (κ3) is 2.59. The van der Waals surface area contributed by atoms with Gasteiger partial charge in [-0.25, -0.2) is 0 Å². The first kappa shape index (κ1) is 16.0. The lowest BCUT2D eigenvalue weighted by atomic mass is 9.70. The molecule has 1 heterocycles. The van der Waals surface area contributed by atoms with Crippen LogP contribution in [0.5, 0.6) is 0 Å². The number of hydrogen-bond acceptors (Lipinski definition) is 5. The van der Waals surface area contributed by atoms with E-state index in [1.54, 1.807) is 7.11 Å². The minimum Gasteiger partial charge on any atom is -0.460 e. The largest absolute Gasteiger partial charge is 0.460 e. The van der Waals surface area contributed by atoms with Gasteiger partial charge in [-0.05, 0) is 38.5 Å². The summed E-state index contributed by atoms with van der Waals surface area (Å²) in [6, 6.07) is 0. The maximum absolute atomic E-state index is 11.4. The summed E-state index contributed by atoms with van der Waals surface area (Å²) in [6.07, 6.45) is 3.35. The van der Waals surface area contributed by atoms with Crippen molar-refractivity contribution in [2.45, 2.75) is 63.8 Å². The second-order valence-electron chi connectivity index (χ2n) is 7.10. The summed E-state index contributed by atoms with van der Waals surface area (Å²) < 4.78 is 23.5. The fraction of sp³-hybridized carbons (Fsp3) is 0.824. The van der Waals surface area contributed by atoms with Crippen LogP contribution in [0.4, 0.5) is 0 Å². The molecule has 0 aromatic heterocycles. The lowest BCUT2D eigenvalue weighted by Gasteiger charge is -2.44. The molecule has 5 heteroatoms. The van der Waals surface area contributed by atoms with Gasteiger partial charge >= 0.3 is 5.97 Å². The van der Waals surface area contributed by atoms with E-state index in [0.717, 1.165) is 12.8 Å². The van der Waals surface area contributed by atoms with E-state index in [1.807, 2.05) is 19.9 Å². The molecular weight excluding hydrogens is 284 g/mol. The molecule has 0 bridgehead atoms. The van der Waals surface area contributed by atoms with Gasteiger partial charge in [0, 0.05) is 20.0 Å². The topological polar surface area (TPSA) is 54.0 Å². The van der Waals surface area contributed by atoms with Crippen LogP contribution in [0.1, 0.15) is 33.6 Å². The maximum Gasteiger partial charge on any atom is 0.302 e. The van der Waals surface area contributed by atoms with Gasteiger partial charge in [0.25, 0.3) is 0 Å². The van der Waals surface area contributed by atoms with Crippen molar-refractivity contribution >= 4 is 5.97 Å². The average molecular weight is 310 g/mol. The summed E-state index contributed by atoms with van der Waals surface area (Å²) in [6.45, 7) is 9.30. The first-order valence-electron chi connectivity index (χ1n) is 8.04. The highest BCUT2D eigenvalue weighted by Gasteiger charge is 2.60. The number of methoxy groups -OCH3 is 1. The Morgan fingerprint density at radius 2 is 2.05 bits per heavy atom. The number of carbonyl (C=O) groups is 1. The SMILES string of the molecule is C=C[C@H]1C[C@@H](OC(C)=O)[C@H](OC)[C@@H]2[C@H]1C[C@H]1OC(C)(C)O[C@@H]21. The highest BCUT2D eigenvalue weighted by atomic mass is 16.8. The molecule has 0 aromatic rings. The smallest absolute Gasteiger partial charge is 0.302 e. The molecule has 1 saturated heterocycles. The molecule has 1 aliphatic heterocycles. The molecule has 3 aliphatic rings. The van der Waals surface area contributed by atoms with Gasteiger partial charge in [-0.1, -0.05) is 6.08 Å². The molecule has 0 amide bonds. The highest BCUT2D eigenvalue weighted by molar-refractivity contribution is 5.66. The number of carbonyl (C=O) groups excluding carboxylic acids is 1. The van der Waals surface area contributed by atoms with Gasteiger partial charge in [0.15, 0.2) is 5.79 Å². The van der Waals surface area contributed by atoms with E-state index in [-0.39, 0.29) is 36.3 Å². The Kier molecular flexibility index (Phi) is 4.08. The molecule has 3 rings (SSSR count). The fourth-order valence-corrected chi connectivity index (χ4v) is 4.66. The molecule has 0 radical (unpaired) electrons. The zero-order valence-electron chi connectivity index (χ0n) is 13.8. The van der Waals surface area contributed by atoms with E-state index in [1.165, 1.54) is 6.92 Å². The van der Waals surface area contributed by atoms with Crippen molar-refractivity contribution in [3.63, 3.8) is 0 Å². The number of hydrogen-bond donors (Lipinski definition) is 0. The molecule has 5 nitrogen and oxygen atoms in total. The number of ether oxygens (including phenoxy) is 4. The Hall–Kier alpha value is -0.910. The summed E-state index contributed by atoms with van der Waals surface area (Å²) in [5.74, 6) is 0.0306. The van der Waals surface area contributed by atoms with Crippen LogP contribution < -0.4 is 0 Å². The summed E-state index contributed by atoms with van der Waals surface area (Å²) in [7, 11) is 1.68. The molecule has 22 heavy (non-hydrogen) atoms. The van der Waals surface area contributed by atoms with Gasteiger partial charge in [-0.15, -0.1) is 6.58 Å². The quantitative estimate of drug-likeness (QED) is 0.591. The number of rotatable bonds is 3. The molecule has 7 atom stereocenters. The zero-order chi connectivity index (χ0) is 16.1. The summed E-state index contributed by atoms with van der Waals surface area (Å²) in [5, 5.41) is 0. The number of allylic oxidation sites excluding steroid dienone is 1. The fourth-order valence-electron chi connectivity index (χ4n) is 4.66. The Balaban J connectivity index is 1.88. The predicted molar refractivity (Wildman–Crippen MR) is 80.1 cm³/mol. The molecule has 0 unspecified atom stereocenters. The Labute approximate surface area is 131 Å². The van der Waals surface area contributed by atoms with Crippen LogP contribution in [-0.2, 0) is 23.7 Å². The maximum atomic E-state index is 11.4. The minimum absolute atomic E-state index is 0.00856. The lowest BCUT2D eigenvalue weighted by molar-refractivity contribution is -0.193. The summed E-state index contributed by atoms with van der Waals surface area (Å²) in [4.78, 5) is 11.4. The van der Waals surface area contributed by atoms with E-state index in [0.29, 0.717) is 11.8 Å². The Morgan fingerprint density at radius 1 is 1.32 bits per heavy atom. The van der Waals surface area contributed by atoms with E-state index in [9.17, 15) is 4.79 Å². The number of fused-ring (bicyclic) bond motifs is 3. The highest BCUT2D eigenvalue weighted by Crippen LogP contribution is 2.53. The van der Waals surface area contributed by atoms with Crippen molar-refractivity contribution in [1.82, 2.24) is 0 Å². The molecule has 3 fully saturated rings. The molecule has 0 spiro atoms. The van der Waals surface area contributed by atoms with Crippen LogP contribution in [0.15, 0.2) is 12.7 Å². The van der Waals surface area contributed by atoms with Crippen molar-refractivity contribution in [2.24, 2.45) is 17.8 Å². The van der Waals surface area contributed by atoms with Gasteiger partial charge in [0.05, 0.1) is 18.3 Å². The standard InChI is InChI=1S/C17H26O5/c1-6-10-7-12(20-9(2)18)15(19-5)14-11(10)8-13-16(14)22-17(3,4)21-13/h6,10-16H,1,7-8H2,2-5H3/t10-,11-,12+,13+,14-,15-,16+/m0/s1. The average Bonchev–Trinajstić information content (AvgIpc) is 2.89. The van der Waals surface area contributed by atoms with Gasteiger partial charge in [0.2, 0.25) is 0 Å². The van der Waals surface area contributed by atoms with Crippen molar-refractivity contribution in [1.29, 1.82) is 0 Å². The van der Waals surface area contributed by atoms with E-state index < -0.39 is 5.79 Å². The van der Waals surface area contributed by atoms with Crippen molar-refractivity contribution in [2.75, 3.05) is 7.11 Å². The van der Waals surface area contributed by atoms with Crippen LogP contribution in [-0.4, -0.2) is 43.3 Å². The van der Waals surface area contributed by atoms with E-state index in [2.05, 4.69) is 6.58 Å². The third-order valence-electron chi connectivity index (χ3n) is 5.29. The Morgan fingerprint density at radius 3 is 2.64 bits per heavy atom. The predicted octanol–water partition coefficient (Wildman–Crippen LogP) is 2.30. The van der Waals surface area contributed by atoms with Crippen LogP contribution in [0.3, 0.4) is 0 Å². The van der Waals surface area contributed by atoms with Crippen molar-refractivity contribution in [3.8, 4) is 0 Å². The third-order valence-corrected chi connectivity index (χ3v) is 5.29. The number of esters is 1.